The van der Waals surface area contributed by atoms with E-state index in [9.17, 15) is 0 Å². The molecule has 118 valence electrons. The lowest BCUT2D eigenvalue weighted by Crippen LogP contribution is -2.06. The van der Waals surface area contributed by atoms with Crippen molar-refractivity contribution < 1.29 is 23.7 Å². The van der Waals surface area contributed by atoms with Gasteiger partial charge in [0.15, 0.2) is 11.5 Å². The van der Waals surface area contributed by atoms with Gasteiger partial charge in [0.05, 0.1) is 20.3 Å². The van der Waals surface area contributed by atoms with E-state index < -0.39 is 0 Å². The Morgan fingerprint density at radius 1 is 0.762 bits per heavy atom. The highest BCUT2D eigenvalue weighted by atomic mass is 16.5. The van der Waals surface area contributed by atoms with Crippen molar-refractivity contribution in [2.75, 3.05) is 46.8 Å². The van der Waals surface area contributed by atoms with Crippen LogP contribution >= 0.6 is 0 Å². The maximum absolute atomic E-state index is 5.79. The van der Waals surface area contributed by atoms with Crippen LogP contribution in [0.1, 0.15) is 19.3 Å². The van der Waals surface area contributed by atoms with E-state index in [-0.39, 0.29) is 0 Å². The number of ether oxygens (including phenoxy) is 5. The molecule has 0 N–H and O–H groups in total. The highest BCUT2D eigenvalue weighted by molar-refractivity contribution is 5.45. The van der Waals surface area contributed by atoms with Crippen molar-refractivity contribution in [2.24, 2.45) is 0 Å². The smallest absolute Gasteiger partial charge is 0.164 e. The molecule has 1 aliphatic heterocycles. The summed E-state index contributed by atoms with van der Waals surface area (Å²) in [5, 5.41) is 0. The number of hydrogen-bond acceptors (Lipinski definition) is 5. The molecular formula is C16H24O5. The zero-order valence-corrected chi connectivity index (χ0v) is 12.6. The zero-order valence-electron chi connectivity index (χ0n) is 12.6. The van der Waals surface area contributed by atoms with Crippen molar-refractivity contribution in [3.63, 3.8) is 0 Å². The first-order valence-electron chi connectivity index (χ1n) is 7.49. The van der Waals surface area contributed by atoms with E-state index in [0.717, 1.165) is 44.0 Å². The second-order valence-corrected chi connectivity index (χ2v) is 4.79. The first-order valence-corrected chi connectivity index (χ1v) is 7.49. The average molecular weight is 296 g/mol. The molecule has 0 aliphatic carbocycles. The molecule has 1 aromatic rings. The topological polar surface area (TPSA) is 46.2 Å². The minimum absolute atomic E-state index is 0.597. The van der Waals surface area contributed by atoms with Crippen LogP contribution in [-0.2, 0) is 9.47 Å². The predicted octanol–water partition coefficient (Wildman–Crippen LogP) is 2.67. The summed E-state index contributed by atoms with van der Waals surface area (Å²) in [6, 6.07) is 5.60. The molecule has 0 saturated heterocycles. The summed E-state index contributed by atoms with van der Waals surface area (Å²) in [5.41, 5.74) is 0. The molecule has 21 heavy (non-hydrogen) atoms. The van der Waals surface area contributed by atoms with Crippen LogP contribution in [0.3, 0.4) is 0 Å². The normalized spacial score (nSPS) is 18.3. The molecule has 0 spiro atoms. The average Bonchev–Trinajstić information content (AvgIpc) is 2.52. The van der Waals surface area contributed by atoms with Gasteiger partial charge >= 0.3 is 0 Å². The Labute approximate surface area is 126 Å². The lowest BCUT2D eigenvalue weighted by atomic mass is 10.3. The fourth-order valence-electron chi connectivity index (χ4n) is 2.00. The van der Waals surface area contributed by atoms with Crippen molar-refractivity contribution >= 4 is 0 Å². The van der Waals surface area contributed by atoms with Crippen molar-refractivity contribution in [2.45, 2.75) is 19.3 Å². The number of rotatable bonds is 1. The Kier molecular flexibility index (Phi) is 7.18. The van der Waals surface area contributed by atoms with Gasteiger partial charge < -0.3 is 23.7 Å². The molecule has 1 aliphatic rings. The zero-order chi connectivity index (χ0) is 14.8. The largest absolute Gasteiger partial charge is 0.497 e. The minimum atomic E-state index is 0.597. The predicted molar refractivity (Wildman–Crippen MR) is 79.5 cm³/mol. The highest BCUT2D eigenvalue weighted by Crippen LogP contribution is 2.31. The van der Waals surface area contributed by atoms with Crippen LogP contribution < -0.4 is 14.2 Å². The third-order valence-electron chi connectivity index (χ3n) is 3.11. The van der Waals surface area contributed by atoms with Gasteiger partial charge in [-0.3, -0.25) is 0 Å². The molecule has 1 aromatic carbocycles. The van der Waals surface area contributed by atoms with Crippen molar-refractivity contribution in [1.29, 1.82) is 0 Å². The van der Waals surface area contributed by atoms with Gasteiger partial charge in [-0.2, -0.15) is 0 Å². The Balaban J connectivity index is 1.96. The Bertz CT molecular complexity index is 408. The van der Waals surface area contributed by atoms with E-state index in [1.165, 1.54) is 0 Å². The second kappa shape index (κ2) is 9.47. The lowest BCUT2D eigenvalue weighted by molar-refractivity contribution is 0.0748. The van der Waals surface area contributed by atoms with Crippen LogP contribution in [0.2, 0.25) is 0 Å². The maximum atomic E-state index is 5.79. The van der Waals surface area contributed by atoms with Gasteiger partial charge in [0.1, 0.15) is 5.75 Å². The quantitative estimate of drug-likeness (QED) is 0.797. The monoisotopic (exact) mass is 296 g/mol. The van der Waals surface area contributed by atoms with Crippen LogP contribution in [0.4, 0.5) is 0 Å². The molecule has 0 amide bonds. The van der Waals surface area contributed by atoms with Gasteiger partial charge in [-0.15, -0.1) is 0 Å². The summed E-state index contributed by atoms with van der Waals surface area (Å²) in [4.78, 5) is 0. The molecule has 0 bridgehead atoms. The third kappa shape index (κ3) is 5.81. The minimum Gasteiger partial charge on any atom is -0.497 e. The molecule has 1 heterocycles. The molecule has 0 radical (unpaired) electrons. The Morgan fingerprint density at radius 2 is 1.33 bits per heavy atom. The van der Waals surface area contributed by atoms with Gasteiger partial charge in [0.2, 0.25) is 0 Å². The molecule has 2 rings (SSSR count). The van der Waals surface area contributed by atoms with Gasteiger partial charge in [-0.05, 0) is 18.6 Å². The Morgan fingerprint density at radius 3 is 1.95 bits per heavy atom. The SMILES string of the molecule is COc1ccc2c(c1)OCCCOCCCOCCCO2. The first kappa shape index (κ1) is 15.9. The summed E-state index contributed by atoms with van der Waals surface area (Å²) >= 11 is 0. The van der Waals surface area contributed by atoms with Gasteiger partial charge in [-0.1, -0.05) is 0 Å². The molecular weight excluding hydrogens is 272 g/mol. The molecule has 0 atom stereocenters. The van der Waals surface area contributed by atoms with E-state index in [0.29, 0.717) is 32.2 Å². The van der Waals surface area contributed by atoms with Crippen molar-refractivity contribution in [3.8, 4) is 17.2 Å². The molecule has 0 aromatic heterocycles. The summed E-state index contributed by atoms with van der Waals surface area (Å²) in [5.74, 6) is 2.21. The number of methoxy groups -OCH3 is 1. The molecule has 5 heteroatoms. The number of fused-ring (bicyclic) bond motifs is 1. The highest BCUT2D eigenvalue weighted by Gasteiger charge is 2.08. The summed E-state index contributed by atoms with van der Waals surface area (Å²) in [7, 11) is 1.64. The van der Waals surface area contributed by atoms with Crippen molar-refractivity contribution in [3.05, 3.63) is 18.2 Å². The second-order valence-electron chi connectivity index (χ2n) is 4.79. The summed E-state index contributed by atoms with van der Waals surface area (Å²) in [6.07, 6.45) is 2.63. The van der Waals surface area contributed by atoms with Gasteiger partial charge in [0.25, 0.3) is 0 Å². The maximum Gasteiger partial charge on any atom is 0.164 e. The van der Waals surface area contributed by atoms with Crippen LogP contribution in [0.5, 0.6) is 17.2 Å². The lowest BCUT2D eigenvalue weighted by Gasteiger charge is -2.14. The molecule has 0 fully saturated rings. The standard InChI is InChI=1S/C16H24O5/c1-17-14-5-6-15-16(13-14)21-12-4-10-19-8-2-7-18-9-3-11-20-15/h5-6,13H,2-4,7-12H2,1H3. The van der Waals surface area contributed by atoms with E-state index in [1.54, 1.807) is 7.11 Å². The van der Waals surface area contributed by atoms with E-state index in [1.807, 2.05) is 18.2 Å². The van der Waals surface area contributed by atoms with E-state index in [4.69, 9.17) is 23.7 Å². The van der Waals surface area contributed by atoms with Crippen molar-refractivity contribution in [1.82, 2.24) is 0 Å². The van der Waals surface area contributed by atoms with Gasteiger partial charge in [0, 0.05) is 45.3 Å². The summed E-state index contributed by atoms with van der Waals surface area (Å²) in [6.45, 7) is 4.08. The van der Waals surface area contributed by atoms with E-state index in [2.05, 4.69) is 0 Å². The Hall–Kier alpha value is -1.46. The van der Waals surface area contributed by atoms with Crippen LogP contribution in [0.15, 0.2) is 18.2 Å². The number of benzene rings is 1. The molecule has 0 saturated carbocycles. The van der Waals surface area contributed by atoms with E-state index >= 15 is 0 Å². The van der Waals surface area contributed by atoms with Crippen LogP contribution in [-0.4, -0.2) is 46.8 Å². The fraction of sp³-hybridized carbons (Fsp3) is 0.625. The van der Waals surface area contributed by atoms with Crippen LogP contribution in [0.25, 0.3) is 0 Å². The summed E-state index contributed by atoms with van der Waals surface area (Å²) < 4.78 is 27.8. The first-order chi connectivity index (χ1) is 10.4. The molecule has 5 nitrogen and oxygen atoms in total. The van der Waals surface area contributed by atoms with Gasteiger partial charge in [-0.25, -0.2) is 0 Å². The molecule has 0 unspecified atom stereocenters. The number of hydrogen-bond donors (Lipinski definition) is 0. The van der Waals surface area contributed by atoms with Crippen LogP contribution in [0, 0.1) is 0 Å². The third-order valence-corrected chi connectivity index (χ3v) is 3.11. The fourth-order valence-corrected chi connectivity index (χ4v) is 2.00.